The van der Waals surface area contributed by atoms with Crippen LogP contribution in [-0.2, 0) is 11.2 Å². The van der Waals surface area contributed by atoms with Crippen LogP contribution in [0.5, 0.6) is 5.75 Å². The van der Waals surface area contributed by atoms with Crippen molar-refractivity contribution in [2.24, 2.45) is 0 Å². The Morgan fingerprint density at radius 2 is 1.90 bits per heavy atom. The molecule has 0 radical (unpaired) electrons. The molecule has 6 nitrogen and oxygen atoms in total. The Balaban J connectivity index is 2.01. The van der Waals surface area contributed by atoms with Crippen LogP contribution < -0.4 is 5.32 Å². The summed E-state index contributed by atoms with van der Waals surface area (Å²) in [5, 5.41) is 22.8. The van der Waals surface area contributed by atoms with E-state index in [1.165, 1.54) is 36.4 Å². The number of carbonyl (C=O) groups excluding carboxylic acids is 1. The zero-order chi connectivity index (χ0) is 15.4. The van der Waals surface area contributed by atoms with Crippen LogP contribution in [0.15, 0.2) is 42.5 Å². The second kappa shape index (κ2) is 6.23. The molecular formula is C14H11ClN2O4. The van der Waals surface area contributed by atoms with Crippen LogP contribution >= 0.6 is 11.6 Å². The topological polar surface area (TPSA) is 92.5 Å². The van der Waals surface area contributed by atoms with E-state index in [2.05, 4.69) is 5.32 Å². The molecule has 0 saturated heterocycles. The zero-order valence-electron chi connectivity index (χ0n) is 10.7. The SMILES string of the molecule is O=C(Cc1ccc([N+](=O)[O-])cc1)Nc1ccc(Cl)c(O)c1. The number of rotatable bonds is 4. The van der Waals surface area contributed by atoms with Gasteiger partial charge in [0.25, 0.3) is 5.69 Å². The fourth-order valence-electron chi connectivity index (χ4n) is 1.72. The van der Waals surface area contributed by atoms with Gasteiger partial charge in [0.15, 0.2) is 0 Å². The maximum absolute atomic E-state index is 11.8. The number of anilines is 1. The van der Waals surface area contributed by atoms with Crippen LogP contribution in [-0.4, -0.2) is 15.9 Å². The molecule has 0 saturated carbocycles. The summed E-state index contributed by atoms with van der Waals surface area (Å²) in [5.74, 6) is -0.421. The van der Waals surface area contributed by atoms with Crippen molar-refractivity contribution < 1.29 is 14.8 Å². The van der Waals surface area contributed by atoms with Crippen molar-refractivity contribution in [2.75, 3.05) is 5.32 Å². The van der Waals surface area contributed by atoms with Gasteiger partial charge in [-0.25, -0.2) is 0 Å². The van der Waals surface area contributed by atoms with Crippen molar-refractivity contribution in [1.29, 1.82) is 0 Å². The summed E-state index contributed by atoms with van der Waals surface area (Å²) in [6, 6.07) is 10.1. The fourth-order valence-corrected chi connectivity index (χ4v) is 1.83. The van der Waals surface area contributed by atoms with Gasteiger partial charge in [-0.05, 0) is 17.7 Å². The second-order valence-electron chi connectivity index (χ2n) is 4.31. The Morgan fingerprint density at radius 3 is 2.48 bits per heavy atom. The number of aromatic hydroxyl groups is 1. The molecular weight excluding hydrogens is 296 g/mol. The molecule has 0 aliphatic heterocycles. The van der Waals surface area contributed by atoms with Gasteiger partial charge < -0.3 is 10.4 Å². The van der Waals surface area contributed by atoms with Gasteiger partial charge in [0.1, 0.15) is 5.75 Å². The molecule has 2 aromatic carbocycles. The van der Waals surface area contributed by atoms with E-state index in [-0.39, 0.29) is 28.8 Å². The molecule has 1 amide bonds. The largest absolute Gasteiger partial charge is 0.506 e. The molecule has 0 aromatic heterocycles. The average Bonchev–Trinajstić information content (AvgIpc) is 2.43. The van der Waals surface area contributed by atoms with Gasteiger partial charge in [0.05, 0.1) is 16.4 Å². The van der Waals surface area contributed by atoms with E-state index in [9.17, 15) is 20.0 Å². The minimum absolute atomic E-state index is 0.0261. The molecule has 0 atom stereocenters. The van der Waals surface area contributed by atoms with Crippen LogP contribution in [0, 0.1) is 10.1 Å². The summed E-state index contributed by atoms with van der Waals surface area (Å²) in [7, 11) is 0. The molecule has 108 valence electrons. The lowest BCUT2D eigenvalue weighted by molar-refractivity contribution is -0.384. The smallest absolute Gasteiger partial charge is 0.269 e. The zero-order valence-corrected chi connectivity index (χ0v) is 11.5. The number of carbonyl (C=O) groups is 1. The number of nitrogens with zero attached hydrogens (tertiary/aromatic N) is 1. The summed E-state index contributed by atoms with van der Waals surface area (Å²) in [5.41, 5.74) is 1.04. The molecule has 2 aromatic rings. The van der Waals surface area contributed by atoms with Gasteiger partial charge in [0, 0.05) is 23.9 Å². The molecule has 0 heterocycles. The van der Waals surface area contributed by atoms with E-state index in [1.54, 1.807) is 6.07 Å². The Hall–Kier alpha value is -2.60. The van der Waals surface area contributed by atoms with E-state index >= 15 is 0 Å². The first-order valence-electron chi connectivity index (χ1n) is 5.97. The van der Waals surface area contributed by atoms with Gasteiger partial charge in [-0.2, -0.15) is 0 Å². The van der Waals surface area contributed by atoms with Crippen molar-refractivity contribution in [3.63, 3.8) is 0 Å². The van der Waals surface area contributed by atoms with Crippen LogP contribution in [0.2, 0.25) is 5.02 Å². The number of non-ortho nitro benzene ring substituents is 1. The molecule has 2 N–H and O–H groups in total. The predicted octanol–water partition coefficient (Wildman–Crippen LogP) is 3.14. The van der Waals surface area contributed by atoms with E-state index in [4.69, 9.17) is 11.6 Å². The molecule has 2 rings (SSSR count). The number of nitro benzene ring substituents is 1. The number of phenols is 1. The molecule has 0 aliphatic rings. The highest BCUT2D eigenvalue weighted by molar-refractivity contribution is 6.32. The summed E-state index contributed by atoms with van der Waals surface area (Å²) in [4.78, 5) is 21.9. The van der Waals surface area contributed by atoms with Crippen molar-refractivity contribution in [3.8, 4) is 5.75 Å². The average molecular weight is 307 g/mol. The van der Waals surface area contributed by atoms with Crippen LogP contribution in [0.1, 0.15) is 5.56 Å². The third-order valence-electron chi connectivity index (χ3n) is 2.74. The molecule has 21 heavy (non-hydrogen) atoms. The van der Waals surface area contributed by atoms with Crippen molar-refractivity contribution >= 4 is 28.9 Å². The third-order valence-corrected chi connectivity index (χ3v) is 3.06. The van der Waals surface area contributed by atoms with Gasteiger partial charge in [0.2, 0.25) is 5.91 Å². The lowest BCUT2D eigenvalue weighted by atomic mass is 10.1. The number of benzene rings is 2. The molecule has 0 aliphatic carbocycles. The fraction of sp³-hybridized carbons (Fsp3) is 0.0714. The predicted molar refractivity (Wildman–Crippen MR) is 78.5 cm³/mol. The summed E-state index contributed by atoms with van der Waals surface area (Å²) in [6.45, 7) is 0. The normalized spacial score (nSPS) is 10.1. The maximum atomic E-state index is 11.8. The lowest BCUT2D eigenvalue weighted by Crippen LogP contribution is -2.14. The molecule has 0 unspecified atom stereocenters. The maximum Gasteiger partial charge on any atom is 0.269 e. The number of nitrogens with one attached hydrogen (secondary N) is 1. The first-order valence-corrected chi connectivity index (χ1v) is 6.35. The minimum Gasteiger partial charge on any atom is -0.506 e. The number of hydrogen-bond acceptors (Lipinski definition) is 4. The van der Waals surface area contributed by atoms with E-state index in [1.807, 2.05) is 0 Å². The highest BCUT2D eigenvalue weighted by atomic mass is 35.5. The highest BCUT2D eigenvalue weighted by Crippen LogP contribution is 2.26. The van der Waals surface area contributed by atoms with Crippen LogP contribution in [0.3, 0.4) is 0 Å². The molecule has 0 fully saturated rings. The first kappa shape index (κ1) is 14.8. The highest BCUT2D eigenvalue weighted by Gasteiger charge is 2.08. The summed E-state index contributed by atoms with van der Waals surface area (Å²) < 4.78 is 0. The summed E-state index contributed by atoms with van der Waals surface area (Å²) in [6.07, 6.45) is 0.0708. The Kier molecular flexibility index (Phi) is 4.39. The number of nitro groups is 1. The van der Waals surface area contributed by atoms with Gasteiger partial charge in [-0.15, -0.1) is 0 Å². The minimum atomic E-state index is -0.500. The van der Waals surface area contributed by atoms with Crippen LogP contribution in [0.25, 0.3) is 0 Å². The quantitative estimate of drug-likeness (QED) is 0.670. The van der Waals surface area contributed by atoms with E-state index in [0.29, 0.717) is 11.3 Å². The van der Waals surface area contributed by atoms with Gasteiger partial charge >= 0.3 is 0 Å². The van der Waals surface area contributed by atoms with Crippen LogP contribution in [0.4, 0.5) is 11.4 Å². The van der Waals surface area contributed by atoms with Crippen molar-refractivity contribution in [1.82, 2.24) is 0 Å². The monoisotopic (exact) mass is 306 g/mol. The standard InChI is InChI=1S/C14H11ClN2O4/c15-12-6-3-10(8-13(12)18)16-14(19)7-9-1-4-11(5-2-9)17(20)21/h1-6,8,18H,7H2,(H,16,19). The Morgan fingerprint density at radius 1 is 1.24 bits per heavy atom. The van der Waals surface area contributed by atoms with Crippen molar-refractivity contribution in [3.05, 3.63) is 63.2 Å². The number of phenolic OH excluding ortho intramolecular Hbond substituents is 1. The number of amides is 1. The molecule has 0 bridgehead atoms. The van der Waals surface area contributed by atoms with E-state index in [0.717, 1.165) is 0 Å². The van der Waals surface area contributed by atoms with Crippen molar-refractivity contribution in [2.45, 2.75) is 6.42 Å². The molecule has 0 spiro atoms. The van der Waals surface area contributed by atoms with E-state index < -0.39 is 4.92 Å². The number of hydrogen-bond donors (Lipinski definition) is 2. The van der Waals surface area contributed by atoms with Gasteiger partial charge in [-0.3, -0.25) is 14.9 Å². The summed E-state index contributed by atoms with van der Waals surface area (Å²) >= 11 is 5.67. The Labute approximate surface area is 125 Å². The lowest BCUT2D eigenvalue weighted by Gasteiger charge is -2.06. The van der Waals surface area contributed by atoms with Gasteiger partial charge in [-0.1, -0.05) is 23.7 Å². The third kappa shape index (κ3) is 3.93. The molecule has 7 heteroatoms. The number of halogens is 1. The second-order valence-corrected chi connectivity index (χ2v) is 4.72. The first-order chi connectivity index (χ1) is 9.95. The Bertz CT molecular complexity index is 686.